The second-order valence-corrected chi connectivity index (χ2v) is 7.19. The zero-order valence-corrected chi connectivity index (χ0v) is 14.0. The number of hydrogen-bond acceptors (Lipinski definition) is 3. The van der Waals surface area contributed by atoms with Crippen LogP contribution in [0.5, 0.6) is 0 Å². The van der Waals surface area contributed by atoms with E-state index in [1.54, 1.807) is 6.20 Å². The molecule has 128 valence electrons. The van der Waals surface area contributed by atoms with Gasteiger partial charge in [-0.25, -0.2) is 0 Å². The fourth-order valence-electron chi connectivity index (χ4n) is 4.11. The third-order valence-electron chi connectivity index (χ3n) is 5.41. The Bertz CT molecular complexity index is 671. The van der Waals surface area contributed by atoms with E-state index in [2.05, 4.69) is 21.5 Å². The number of nitrogens with zero attached hydrogens (tertiary/aromatic N) is 4. The average Bonchev–Trinajstić information content (AvgIpc) is 3.35. The van der Waals surface area contributed by atoms with E-state index in [-0.39, 0.29) is 5.91 Å². The van der Waals surface area contributed by atoms with Gasteiger partial charge in [0, 0.05) is 37.9 Å². The normalized spacial score (nSPS) is 22.2. The molecule has 3 heterocycles. The van der Waals surface area contributed by atoms with E-state index < -0.39 is 0 Å². The molecule has 1 amide bonds. The van der Waals surface area contributed by atoms with E-state index in [0.717, 1.165) is 38.2 Å². The molecule has 2 aromatic heterocycles. The van der Waals surface area contributed by atoms with Crippen molar-refractivity contribution in [2.24, 2.45) is 5.92 Å². The van der Waals surface area contributed by atoms with Gasteiger partial charge in [0.25, 0.3) is 5.91 Å². The van der Waals surface area contributed by atoms with Gasteiger partial charge in [0.1, 0.15) is 5.69 Å². The molecule has 4 rings (SSSR count). The molecule has 0 spiro atoms. The summed E-state index contributed by atoms with van der Waals surface area (Å²) < 4.78 is 1.99. The van der Waals surface area contributed by atoms with E-state index in [0.29, 0.717) is 17.5 Å². The quantitative estimate of drug-likeness (QED) is 0.939. The second-order valence-electron chi connectivity index (χ2n) is 7.19. The lowest BCUT2D eigenvalue weighted by atomic mass is 9.97. The summed E-state index contributed by atoms with van der Waals surface area (Å²) in [5.41, 5.74) is 1.84. The molecule has 2 aliphatic rings. The molecule has 0 radical (unpaired) electrons. The Kier molecular flexibility index (Phi) is 4.36. The molecule has 24 heavy (non-hydrogen) atoms. The smallest absolute Gasteiger partial charge is 0.270 e. The van der Waals surface area contributed by atoms with Crippen LogP contribution >= 0.6 is 0 Å². The summed E-state index contributed by atoms with van der Waals surface area (Å²) in [5, 5.41) is 8.72. The number of likely N-dealkylation sites (tertiary alicyclic amines) is 1. The zero-order chi connectivity index (χ0) is 16.4. The zero-order valence-electron chi connectivity index (χ0n) is 14.0. The fraction of sp³-hybridized carbons (Fsp3) is 0.611. The minimum absolute atomic E-state index is 0.106. The third kappa shape index (κ3) is 3.23. The number of carbonyl (C=O) groups is 1. The first kappa shape index (κ1) is 15.4. The first-order chi connectivity index (χ1) is 11.8. The highest BCUT2D eigenvalue weighted by molar-refractivity contribution is 5.92. The predicted molar refractivity (Wildman–Crippen MR) is 90.7 cm³/mol. The summed E-state index contributed by atoms with van der Waals surface area (Å²) in [5.74, 6) is 1.17. The van der Waals surface area contributed by atoms with Crippen LogP contribution < -0.4 is 0 Å². The van der Waals surface area contributed by atoms with E-state index in [4.69, 9.17) is 0 Å². The Balaban J connectivity index is 1.37. The summed E-state index contributed by atoms with van der Waals surface area (Å²) in [7, 11) is 0. The van der Waals surface area contributed by atoms with Gasteiger partial charge < -0.3 is 9.88 Å². The van der Waals surface area contributed by atoms with E-state index in [1.807, 2.05) is 21.7 Å². The van der Waals surface area contributed by atoms with Gasteiger partial charge in [-0.1, -0.05) is 18.1 Å². The molecule has 0 bridgehead atoms. The first-order valence-corrected chi connectivity index (χ1v) is 9.12. The maximum Gasteiger partial charge on any atom is 0.270 e. The molecule has 6 nitrogen and oxygen atoms in total. The van der Waals surface area contributed by atoms with Gasteiger partial charge in [-0.15, -0.1) is 5.10 Å². The van der Waals surface area contributed by atoms with Crippen LogP contribution in [0.3, 0.4) is 0 Å². The summed E-state index contributed by atoms with van der Waals surface area (Å²) in [6, 6.07) is 3.71. The van der Waals surface area contributed by atoms with Crippen molar-refractivity contribution in [1.82, 2.24) is 24.9 Å². The number of amides is 1. The van der Waals surface area contributed by atoms with Crippen molar-refractivity contribution in [1.29, 1.82) is 0 Å². The minimum Gasteiger partial charge on any atom is -0.357 e. The first-order valence-electron chi connectivity index (χ1n) is 9.12. The van der Waals surface area contributed by atoms with Gasteiger partial charge in [0.05, 0.1) is 5.69 Å². The molecule has 1 aliphatic heterocycles. The van der Waals surface area contributed by atoms with Crippen LogP contribution in [-0.4, -0.2) is 43.9 Å². The number of rotatable bonds is 4. The Morgan fingerprint density at radius 2 is 2.12 bits per heavy atom. The van der Waals surface area contributed by atoms with Crippen molar-refractivity contribution in [3.63, 3.8) is 0 Å². The number of hydrogen-bond donors (Lipinski definition) is 1. The van der Waals surface area contributed by atoms with E-state index in [9.17, 15) is 4.79 Å². The monoisotopic (exact) mass is 327 g/mol. The highest BCUT2D eigenvalue weighted by atomic mass is 16.2. The standard InChI is InChI=1S/C18H25N5O/c24-18(16-8-3-9-19-16)22-10-4-5-14(11-22)12-23-13-17(20-21-23)15-6-1-2-7-15/h3,8-9,13-15,19H,1-2,4-7,10-12H2/t14-/m0/s1. The van der Waals surface area contributed by atoms with Gasteiger partial charge in [-0.05, 0) is 43.7 Å². The number of aromatic nitrogens is 4. The molecule has 2 aromatic rings. The molecule has 1 N–H and O–H groups in total. The molecule has 1 atom stereocenters. The van der Waals surface area contributed by atoms with Crippen LogP contribution in [0.25, 0.3) is 0 Å². The third-order valence-corrected chi connectivity index (χ3v) is 5.41. The van der Waals surface area contributed by atoms with Crippen LogP contribution in [0.4, 0.5) is 0 Å². The van der Waals surface area contributed by atoms with E-state index >= 15 is 0 Å². The lowest BCUT2D eigenvalue weighted by Gasteiger charge is -2.32. The van der Waals surface area contributed by atoms with Gasteiger partial charge in [0.2, 0.25) is 0 Å². The Morgan fingerprint density at radius 1 is 1.25 bits per heavy atom. The van der Waals surface area contributed by atoms with Crippen molar-refractivity contribution in [2.75, 3.05) is 13.1 Å². The molecule has 0 unspecified atom stereocenters. The molecular weight excluding hydrogens is 302 g/mol. The highest BCUT2D eigenvalue weighted by Crippen LogP contribution is 2.32. The number of aromatic amines is 1. The number of piperidine rings is 1. The summed E-state index contributed by atoms with van der Waals surface area (Å²) >= 11 is 0. The second kappa shape index (κ2) is 6.79. The van der Waals surface area contributed by atoms with Gasteiger partial charge >= 0.3 is 0 Å². The maximum atomic E-state index is 12.5. The van der Waals surface area contributed by atoms with Crippen LogP contribution in [0.1, 0.15) is 60.6 Å². The molecule has 1 saturated heterocycles. The van der Waals surface area contributed by atoms with Crippen molar-refractivity contribution >= 4 is 5.91 Å². The molecular formula is C18H25N5O. The molecule has 0 aromatic carbocycles. The summed E-state index contributed by atoms with van der Waals surface area (Å²) in [4.78, 5) is 17.5. The van der Waals surface area contributed by atoms with Crippen LogP contribution in [-0.2, 0) is 6.54 Å². The molecule has 6 heteroatoms. The van der Waals surface area contributed by atoms with E-state index in [1.165, 1.54) is 25.7 Å². The Hall–Kier alpha value is -2.11. The lowest BCUT2D eigenvalue weighted by molar-refractivity contribution is 0.0654. The molecule has 2 fully saturated rings. The van der Waals surface area contributed by atoms with Crippen molar-refractivity contribution in [3.8, 4) is 0 Å². The minimum atomic E-state index is 0.106. The van der Waals surface area contributed by atoms with Gasteiger partial charge in [-0.2, -0.15) is 0 Å². The van der Waals surface area contributed by atoms with Crippen LogP contribution in [0.15, 0.2) is 24.5 Å². The highest BCUT2D eigenvalue weighted by Gasteiger charge is 2.26. The van der Waals surface area contributed by atoms with Crippen molar-refractivity contribution < 1.29 is 4.79 Å². The number of carbonyl (C=O) groups excluding carboxylic acids is 1. The Labute approximate surface area is 142 Å². The van der Waals surface area contributed by atoms with Crippen LogP contribution in [0.2, 0.25) is 0 Å². The number of H-pyrrole nitrogens is 1. The number of nitrogens with one attached hydrogen (secondary N) is 1. The van der Waals surface area contributed by atoms with Gasteiger partial charge in [0.15, 0.2) is 0 Å². The Morgan fingerprint density at radius 3 is 2.92 bits per heavy atom. The lowest BCUT2D eigenvalue weighted by Crippen LogP contribution is -2.41. The summed E-state index contributed by atoms with van der Waals surface area (Å²) in [6.45, 7) is 2.50. The molecule has 1 aliphatic carbocycles. The van der Waals surface area contributed by atoms with Crippen molar-refractivity contribution in [3.05, 3.63) is 35.9 Å². The van der Waals surface area contributed by atoms with Crippen LogP contribution in [0, 0.1) is 5.92 Å². The predicted octanol–water partition coefficient (Wildman–Crippen LogP) is 2.82. The molecule has 1 saturated carbocycles. The maximum absolute atomic E-state index is 12.5. The van der Waals surface area contributed by atoms with Gasteiger partial charge in [-0.3, -0.25) is 9.48 Å². The summed E-state index contributed by atoms with van der Waals surface area (Å²) in [6.07, 6.45) is 11.3. The fourth-order valence-corrected chi connectivity index (χ4v) is 4.11. The SMILES string of the molecule is O=C(c1ccc[nH]1)N1CCC[C@H](Cn2cc(C3CCCC3)nn2)C1. The topological polar surface area (TPSA) is 66.8 Å². The largest absolute Gasteiger partial charge is 0.357 e. The average molecular weight is 327 g/mol. The van der Waals surface area contributed by atoms with Crippen molar-refractivity contribution in [2.45, 2.75) is 51.0 Å².